The predicted molar refractivity (Wildman–Crippen MR) is 109 cm³/mol. The fourth-order valence-electron chi connectivity index (χ4n) is 3.27. The van der Waals surface area contributed by atoms with Crippen molar-refractivity contribution in [3.63, 3.8) is 0 Å². The zero-order valence-corrected chi connectivity index (χ0v) is 17.4. The number of anilines is 1. The highest BCUT2D eigenvalue weighted by molar-refractivity contribution is 7.89. The summed E-state index contributed by atoms with van der Waals surface area (Å²) in [4.78, 5) is 2.31. The first-order chi connectivity index (χ1) is 13.3. The van der Waals surface area contributed by atoms with Crippen LogP contribution in [-0.4, -0.2) is 45.5 Å². The van der Waals surface area contributed by atoms with Crippen LogP contribution in [0, 0.1) is 19.7 Å². The largest absolute Gasteiger partial charge is 0.492 e. The summed E-state index contributed by atoms with van der Waals surface area (Å²) in [7, 11) is -3.65. The van der Waals surface area contributed by atoms with Gasteiger partial charge in [-0.3, -0.25) is 0 Å². The zero-order valence-electron chi connectivity index (χ0n) is 16.6. The van der Waals surface area contributed by atoms with Crippen LogP contribution in [0.1, 0.15) is 24.5 Å². The van der Waals surface area contributed by atoms with Gasteiger partial charge in [-0.05, 0) is 67.8 Å². The summed E-state index contributed by atoms with van der Waals surface area (Å²) in [6, 6.07) is 9.81. The van der Waals surface area contributed by atoms with Crippen molar-refractivity contribution >= 4 is 15.7 Å². The lowest BCUT2D eigenvalue weighted by Gasteiger charge is -2.35. The quantitative estimate of drug-likeness (QED) is 0.733. The van der Waals surface area contributed by atoms with Crippen LogP contribution in [0.3, 0.4) is 0 Å². The lowest BCUT2D eigenvalue weighted by atomic mass is 10.1. The average Bonchev–Trinajstić information content (AvgIpc) is 2.69. The molecule has 1 fully saturated rings. The van der Waals surface area contributed by atoms with Gasteiger partial charge < -0.3 is 9.64 Å². The standard InChI is InChI=1S/C21H27FN2O3S/c1-4-13-27-20-14-16(2)17(3)15-21(20)28(25,26)24-11-9-23(10-12-24)19-7-5-18(22)6-8-19/h5-8,14-15H,4,9-13H2,1-3H3. The molecule has 0 aliphatic carbocycles. The maximum Gasteiger partial charge on any atom is 0.246 e. The molecule has 1 aliphatic heterocycles. The first-order valence-electron chi connectivity index (χ1n) is 9.57. The van der Waals surface area contributed by atoms with Crippen molar-refractivity contribution in [1.82, 2.24) is 4.31 Å². The molecule has 0 bridgehead atoms. The molecule has 0 N–H and O–H groups in total. The van der Waals surface area contributed by atoms with E-state index in [0.29, 0.717) is 38.5 Å². The minimum Gasteiger partial charge on any atom is -0.492 e. The van der Waals surface area contributed by atoms with Crippen LogP contribution in [0.2, 0.25) is 0 Å². The number of ether oxygens (including phenoxy) is 1. The number of piperazine rings is 1. The van der Waals surface area contributed by atoms with E-state index in [0.717, 1.165) is 23.2 Å². The summed E-state index contributed by atoms with van der Waals surface area (Å²) in [6.07, 6.45) is 0.808. The van der Waals surface area contributed by atoms with Crippen molar-refractivity contribution in [2.45, 2.75) is 32.1 Å². The lowest BCUT2D eigenvalue weighted by Crippen LogP contribution is -2.48. The second-order valence-electron chi connectivity index (χ2n) is 7.10. The fraction of sp³-hybridized carbons (Fsp3) is 0.429. The second kappa shape index (κ2) is 8.49. The highest BCUT2D eigenvalue weighted by atomic mass is 32.2. The van der Waals surface area contributed by atoms with Gasteiger partial charge in [0.15, 0.2) is 0 Å². The average molecular weight is 407 g/mol. The first kappa shape index (κ1) is 20.6. The Labute approximate surface area is 166 Å². The number of hydrogen-bond acceptors (Lipinski definition) is 4. The van der Waals surface area contributed by atoms with E-state index in [1.165, 1.54) is 16.4 Å². The Balaban J connectivity index is 1.80. The summed E-state index contributed by atoms with van der Waals surface area (Å²) >= 11 is 0. The monoisotopic (exact) mass is 406 g/mol. The molecule has 1 heterocycles. The minimum atomic E-state index is -3.65. The number of aryl methyl sites for hydroxylation is 2. The van der Waals surface area contributed by atoms with E-state index in [2.05, 4.69) is 4.90 Å². The Bertz CT molecular complexity index is 921. The number of benzene rings is 2. The van der Waals surface area contributed by atoms with Gasteiger partial charge in [-0.2, -0.15) is 4.31 Å². The van der Waals surface area contributed by atoms with E-state index >= 15 is 0 Å². The molecule has 28 heavy (non-hydrogen) atoms. The Morgan fingerprint density at radius 1 is 1.00 bits per heavy atom. The van der Waals surface area contributed by atoms with Crippen molar-refractivity contribution in [2.75, 3.05) is 37.7 Å². The molecule has 0 spiro atoms. The normalized spacial score (nSPS) is 15.6. The van der Waals surface area contributed by atoms with Crippen LogP contribution in [0.15, 0.2) is 41.3 Å². The van der Waals surface area contributed by atoms with Crippen LogP contribution in [0.5, 0.6) is 5.75 Å². The van der Waals surface area contributed by atoms with E-state index in [9.17, 15) is 12.8 Å². The van der Waals surface area contributed by atoms with Crippen molar-refractivity contribution in [1.29, 1.82) is 0 Å². The van der Waals surface area contributed by atoms with Crippen LogP contribution >= 0.6 is 0 Å². The fourth-order valence-corrected chi connectivity index (χ4v) is 4.89. The third kappa shape index (κ3) is 4.31. The van der Waals surface area contributed by atoms with Gasteiger partial charge >= 0.3 is 0 Å². The molecule has 1 aliphatic rings. The van der Waals surface area contributed by atoms with E-state index in [1.54, 1.807) is 18.2 Å². The molecule has 2 aromatic rings. The Morgan fingerprint density at radius 3 is 2.21 bits per heavy atom. The minimum absolute atomic E-state index is 0.235. The molecule has 152 valence electrons. The van der Waals surface area contributed by atoms with E-state index in [4.69, 9.17) is 4.74 Å². The molecule has 3 rings (SSSR count). The number of hydrogen-bond donors (Lipinski definition) is 0. The smallest absolute Gasteiger partial charge is 0.246 e. The summed E-state index contributed by atoms with van der Waals surface area (Å²) in [5, 5.41) is 0. The number of nitrogens with zero attached hydrogens (tertiary/aromatic N) is 2. The molecule has 0 atom stereocenters. The molecule has 5 nitrogen and oxygen atoms in total. The number of sulfonamides is 1. The number of rotatable bonds is 6. The molecule has 0 amide bonds. The van der Waals surface area contributed by atoms with Gasteiger partial charge in [0.25, 0.3) is 0 Å². The third-order valence-electron chi connectivity index (χ3n) is 5.07. The van der Waals surface area contributed by atoms with Crippen LogP contribution in [0.25, 0.3) is 0 Å². The SMILES string of the molecule is CCCOc1cc(C)c(C)cc1S(=O)(=O)N1CCN(c2ccc(F)cc2)CC1. The van der Waals surface area contributed by atoms with Gasteiger partial charge in [-0.1, -0.05) is 6.92 Å². The molecule has 0 aromatic heterocycles. The molecular weight excluding hydrogens is 379 g/mol. The third-order valence-corrected chi connectivity index (χ3v) is 6.99. The van der Waals surface area contributed by atoms with Gasteiger partial charge in [0.2, 0.25) is 10.0 Å². The summed E-state index contributed by atoms with van der Waals surface area (Å²) in [5.41, 5.74) is 2.83. The van der Waals surface area contributed by atoms with Crippen molar-refractivity contribution < 1.29 is 17.5 Å². The second-order valence-corrected chi connectivity index (χ2v) is 9.01. The van der Waals surface area contributed by atoms with Gasteiger partial charge in [0, 0.05) is 31.9 Å². The van der Waals surface area contributed by atoms with Gasteiger partial charge in [0.05, 0.1) is 6.61 Å². The molecule has 1 saturated heterocycles. The first-order valence-corrected chi connectivity index (χ1v) is 11.0. The molecular formula is C21H27FN2O3S. The Hall–Kier alpha value is -2.12. The van der Waals surface area contributed by atoms with Crippen LogP contribution in [-0.2, 0) is 10.0 Å². The van der Waals surface area contributed by atoms with Crippen LogP contribution in [0.4, 0.5) is 10.1 Å². The highest BCUT2D eigenvalue weighted by Crippen LogP contribution is 2.31. The molecule has 0 unspecified atom stereocenters. The van der Waals surface area contributed by atoms with Gasteiger partial charge in [-0.25, -0.2) is 12.8 Å². The van der Waals surface area contributed by atoms with Crippen LogP contribution < -0.4 is 9.64 Å². The predicted octanol–water partition coefficient (Wildman–Crippen LogP) is 3.74. The van der Waals surface area contributed by atoms with Gasteiger partial charge in [0.1, 0.15) is 16.5 Å². The van der Waals surface area contributed by atoms with Crippen molar-refractivity contribution in [3.8, 4) is 5.75 Å². The maximum absolute atomic E-state index is 13.3. The van der Waals surface area contributed by atoms with Gasteiger partial charge in [-0.15, -0.1) is 0 Å². The zero-order chi connectivity index (χ0) is 20.3. The molecule has 0 radical (unpaired) electrons. The summed E-state index contributed by atoms with van der Waals surface area (Å²) in [6.45, 7) is 8.19. The lowest BCUT2D eigenvalue weighted by molar-refractivity contribution is 0.306. The van der Waals surface area contributed by atoms with E-state index < -0.39 is 10.0 Å². The molecule has 2 aromatic carbocycles. The van der Waals surface area contributed by atoms with E-state index in [-0.39, 0.29) is 10.7 Å². The van der Waals surface area contributed by atoms with E-state index in [1.807, 2.05) is 26.8 Å². The topological polar surface area (TPSA) is 49.9 Å². The molecule has 0 saturated carbocycles. The van der Waals surface area contributed by atoms with Crippen molar-refractivity contribution in [2.24, 2.45) is 0 Å². The Morgan fingerprint density at radius 2 is 1.61 bits per heavy atom. The highest BCUT2D eigenvalue weighted by Gasteiger charge is 2.31. The Kier molecular flexibility index (Phi) is 6.25. The number of halogens is 1. The maximum atomic E-state index is 13.3. The summed E-state index contributed by atoms with van der Waals surface area (Å²) < 4.78 is 47.0. The van der Waals surface area contributed by atoms with Crippen molar-refractivity contribution in [3.05, 3.63) is 53.3 Å². The summed E-state index contributed by atoms with van der Waals surface area (Å²) in [5.74, 6) is 0.144. The molecule has 7 heteroatoms.